The molecule has 0 fully saturated rings. The van der Waals surface area contributed by atoms with Gasteiger partial charge in [0.2, 0.25) is 5.91 Å². The van der Waals surface area contributed by atoms with Crippen LogP contribution in [0.15, 0.2) is 67.0 Å². The number of benzene rings is 2. The number of carbonyl (C=O) groups excluding carboxylic acids is 1. The molecule has 0 bridgehead atoms. The number of methoxy groups -OCH3 is 1. The smallest absolute Gasteiger partial charge is 0.226 e. The molecular formula is C21H21FN2O2. The van der Waals surface area contributed by atoms with Gasteiger partial charge in [0.05, 0.1) is 19.6 Å². The van der Waals surface area contributed by atoms with Crippen molar-refractivity contribution >= 4 is 11.6 Å². The SMILES string of the molecule is COc1ccc(C(CC(=O)Nc2ccc(F)cc2C)n2cccc2)cc1. The van der Waals surface area contributed by atoms with Crippen LogP contribution in [0.3, 0.4) is 0 Å². The molecule has 5 heteroatoms. The first-order chi connectivity index (χ1) is 12.6. The summed E-state index contributed by atoms with van der Waals surface area (Å²) in [5, 5.41) is 2.88. The number of nitrogens with one attached hydrogen (secondary N) is 1. The fraction of sp³-hybridized carbons (Fsp3) is 0.190. The van der Waals surface area contributed by atoms with Gasteiger partial charge in [-0.15, -0.1) is 0 Å². The predicted octanol–water partition coefficient (Wildman–Crippen LogP) is 4.56. The quantitative estimate of drug-likeness (QED) is 0.707. The molecule has 1 N–H and O–H groups in total. The molecule has 0 spiro atoms. The first kappa shape index (κ1) is 17.7. The van der Waals surface area contributed by atoms with E-state index in [9.17, 15) is 9.18 Å². The average molecular weight is 352 g/mol. The van der Waals surface area contributed by atoms with Gasteiger partial charge in [-0.1, -0.05) is 12.1 Å². The second kappa shape index (κ2) is 7.87. The Labute approximate surface area is 152 Å². The number of carbonyl (C=O) groups is 1. The Bertz CT molecular complexity index is 874. The molecule has 1 amide bonds. The minimum atomic E-state index is -0.316. The summed E-state index contributed by atoms with van der Waals surface area (Å²) in [7, 11) is 1.62. The van der Waals surface area contributed by atoms with Crippen LogP contribution in [0.2, 0.25) is 0 Å². The Kier molecular flexibility index (Phi) is 5.37. The van der Waals surface area contributed by atoms with E-state index in [0.717, 1.165) is 11.3 Å². The fourth-order valence-corrected chi connectivity index (χ4v) is 2.92. The second-order valence-electron chi connectivity index (χ2n) is 6.13. The minimum Gasteiger partial charge on any atom is -0.497 e. The fourth-order valence-electron chi connectivity index (χ4n) is 2.92. The molecule has 0 saturated heterocycles. The highest BCUT2D eigenvalue weighted by molar-refractivity contribution is 5.92. The number of halogens is 1. The van der Waals surface area contributed by atoms with Crippen LogP contribution in [0.4, 0.5) is 10.1 Å². The summed E-state index contributed by atoms with van der Waals surface area (Å²) in [6, 6.07) is 15.7. The van der Waals surface area contributed by atoms with Crippen LogP contribution < -0.4 is 10.1 Å². The Balaban J connectivity index is 1.80. The van der Waals surface area contributed by atoms with Crippen LogP contribution in [0, 0.1) is 12.7 Å². The van der Waals surface area contributed by atoms with Crippen molar-refractivity contribution < 1.29 is 13.9 Å². The number of hydrogen-bond acceptors (Lipinski definition) is 2. The van der Waals surface area contributed by atoms with Crippen LogP contribution in [0.5, 0.6) is 5.75 Å². The number of aryl methyl sites for hydroxylation is 1. The molecule has 0 aliphatic rings. The van der Waals surface area contributed by atoms with Gasteiger partial charge in [-0.25, -0.2) is 4.39 Å². The van der Waals surface area contributed by atoms with E-state index >= 15 is 0 Å². The number of ether oxygens (including phenoxy) is 1. The van der Waals surface area contributed by atoms with E-state index in [4.69, 9.17) is 4.74 Å². The third-order valence-corrected chi connectivity index (χ3v) is 4.33. The van der Waals surface area contributed by atoms with Gasteiger partial charge >= 0.3 is 0 Å². The van der Waals surface area contributed by atoms with E-state index in [0.29, 0.717) is 11.3 Å². The Morgan fingerprint density at radius 3 is 2.46 bits per heavy atom. The van der Waals surface area contributed by atoms with E-state index in [-0.39, 0.29) is 24.2 Å². The molecule has 2 aromatic carbocycles. The zero-order valence-electron chi connectivity index (χ0n) is 14.8. The molecule has 3 aromatic rings. The lowest BCUT2D eigenvalue weighted by Gasteiger charge is -2.20. The maximum atomic E-state index is 13.2. The van der Waals surface area contributed by atoms with Gasteiger partial charge in [-0.05, 0) is 60.5 Å². The number of aromatic nitrogens is 1. The van der Waals surface area contributed by atoms with Gasteiger partial charge < -0.3 is 14.6 Å². The van der Waals surface area contributed by atoms with E-state index in [2.05, 4.69) is 5.32 Å². The first-order valence-corrected chi connectivity index (χ1v) is 8.39. The van der Waals surface area contributed by atoms with Crippen molar-refractivity contribution in [2.24, 2.45) is 0 Å². The molecule has 0 aliphatic heterocycles. The Hall–Kier alpha value is -3.08. The maximum Gasteiger partial charge on any atom is 0.226 e. The van der Waals surface area contributed by atoms with Gasteiger partial charge in [-0.3, -0.25) is 4.79 Å². The molecule has 1 unspecified atom stereocenters. The monoisotopic (exact) mass is 352 g/mol. The van der Waals surface area contributed by atoms with Gasteiger partial charge in [-0.2, -0.15) is 0 Å². The molecule has 0 radical (unpaired) electrons. The van der Waals surface area contributed by atoms with Crippen LogP contribution in [0.1, 0.15) is 23.6 Å². The zero-order chi connectivity index (χ0) is 18.5. The molecule has 4 nitrogen and oxygen atoms in total. The highest BCUT2D eigenvalue weighted by Crippen LogP contribution is 2.25. The summed E-state index contributed by atoms with van der Waals surface area (Å²) >= 11 is 0. The topological polar surface area (TPSA) is 43.3 Å². The predicted molar refractivity (Wildman–Crippen MR) is 99.9 cm³/mol. The Morgan fingerprint density at radius 2 is 1.85 bits per heavy atom. The number of amides is 1. The van der Waals surface area contributed by atoms with Gasteiger partial charge in [0.25, 0.3) is 0 Å². The highest BCUT2D eigenvalue weighted by atomic mass is 19.1. The van der Waals surface area contributed by atoms with E-state index in [1.165, 1.54) is 12.1 Å². The minimum absolute atomic E-state index is 0.130. The molecule has 1 aromatic heterocycles. The van der Waals surface area contributed by atoms with E-state index in [1.807, 2.05) is 53.4 Å². The number of nitrogens with zero attached hydrogens (tertiary/aromatic N) is 1. The molecule has 1 heterocycles. The highest BCUT2D eigenvalue weighted by Gasteiger charge is 2.18. The molecular weight excluding hydrogens is 331 g/mol. The van der Waals surface area contributed by atoms with Gasteiger partial charge in [0, 0.05) is 18.1 Å². The van der Waals surface area contributed by atoms with Crippen molar-refractivity contribution in [2.75, 3.05) is 12.4 Å². The van der Waals surface area contributed by atoms with Crippen molar-refractivity contribution in [3.63, 3.8) is 0 Å². The van der Waals surface area contributed by atoms with Crippen LogP contribution in [0.25, 0.3) is 0 Å². The van der Waals surface area contributed by atoms with Gasteiger partial charge in [0.1, 0.15) is 11.6 Å². The number of rotatable bonds is 6. The molecule has 0 saturated carbocycles. The normalized spacial score (nSPS) is 11.8. The summed E-state index contributed by atoms with van der Waals surface area (Å²) in [6.07, 6.45) is 4.13. The van der Waals surface area contributed by atoms with Crippen molar-refractivity contribution in [1.82, 2.24) is 4.57 Å². The van der Waals surface area contributed by atoms with E-state index < -0.39 is 0 Å². The molecule has 1 atom stereocenters. The largest absolute Gasteiger partial charge is 0.497 e. The molecule has 0 aliphatic carbocycles. The van der Waals surface area contributed by atoms with Crippen LogP contribution >= 0.6 is 0 Å². The third-order valence-electron chi connectivity index (χ3n) is 4.33. The summed E-state index contributed by atoms with van der Waals surface area (Å²) in [6.45, 7) is 1.77. The Morgan fingerprint density at radius 1 is 1.15 bits per heavy atom. The third kappa shape index (κ3) is 4.11. The lowest BCUT2D eigenvalue weighted by Crippen LogP contribution is -2.20. The number of anilines is 1. The molecule has 134 valence electrons. The molecule has 26 heavy (non-hydrogen) atoms. The lowest BCUT2D eigenvalue weighted by atomic mass is 10.0. The average Bonchev–Trinajstić information content (AvgIpc) is 3.17. The van der Waals surface area contributed by atoms with Crippen molar-refractivity contribution in [3.05, 3.63) is 83.9 Å². The molecule has 3 rings (SSSR count). The van der Waals surface area contributed by atoms with Crippen molar-refractivity contribution in [3.8, 4) is 5.75 Å². The number of hydrogen-bond donors (Lipinski definition) is 1. The standard InChI is InChI=1S/C21H21FN2O2/c1-15-13-17(22)7-10-19(15)23-21(25)14-20(24-11-3-4-12-24)16-5-8-18(26-2)9-6-16/h3-13,20H,14H2,1-2H3,(H,23,25). The summed E-state index contributed by atoms with van der Waals surface area (Å²) in [4.78, 5) is 12.6. The summed E-state index contributed by atoms with van der Waals surface area (Å²) in [5.74, 6) is 0.324. The van der Waals surface area contributed by atoms with Crippen molar-refractivity contribution in [2.45, 2.75) is 19.4 Å². The van der Waals surface area contributed by atoms with Crippen LogP contribution in [-0.4, -0.2) is 17.6 Å². The summed E-state index contributed by atoms with van der Waals surface area (Å²) in [5.41, 5.74) is 2.32. The summed E-state index contributed by atoms with van der Waals surface area (Å²) < 4.78 is 20.4. The lowest BCUT2D eigenvalue weighted by molar-refractivity contribution is -0.116. The second-order valence-corrected chi connectivity index (χ2v) is 6.13. The first-order valence-electron chi connectivity index (χ1n) is 8.39. The zero-order valence-corrected chi connectivity index (χ0v) is 14.8. The maximum absolute atomic E-state index is 13.2. The van der Waals surface area contributed by atoms with E-state index in [1.54, 1.807) is 20.1 Å². The van der Waals surface area contributed by atoms with Crippen LogP contribution in [-0.2, 0) is 4.79 Å². The van der Waals surface area contributed by atoms with Crippen molar-refractivity contribution in [1.29, 1.82) is 0 Å². The van der Waals surface area contributed by atoms with Gasteiger partial charge in [0.15, 0.2) is 0 Å².